The fourth-order valence-corrected chi connectivity index (χ4v) is 3.26. The van der Waals surface area contributed by atoms with Crippen molar-refractivity contribution in [1.82, 2.24) is 9.78 Å². The molecule has 22 heavy (non-hydrogen) atoms. The maximum atomic E-state index is 10.3. The third kappa shape index (κ3) is 2.10. The molecule has 0 aliphatic heterocycles. The lowest BCUT2D eigenvalue weighted by Gasteiger charge is -2.13. The standard InChI is InChI=1S/C19H18N2O/c22-18-13-7-5-11-16(18)19-15-10-4-6-12-17(15)20-21(19)14-8-2-1-3-9-14/h1-3,5,7-9,11,13,22H,4,6,10,12H2. The van der Waals surface area contributed by atoms with Crippen LogP contribution in [0.1, 0.15) is 24.1 Å². The van der Waals surface area contributed by atoms with Crippen molar-refractivity contribution >= 4 is 0 Å². The van der Waals surface area contributed by atoms with Crippen LogP contribution in [0.25, 0.3) is 16.9 Å². The number of para-hydroxylation sites is 2. The van der Waals surface area contributed by atoms with Crippen LogP contribution in [0.5, 0.6) is 5.75 Å². The monoisotopic (exact) mass is 290 g/mol. The van der Waals surface area contributed by atoms with Gasteiger partial charge in [-0.2, -0.15) is 5.10 Å². The number of benzene rings is 2. The maximum Gasteiger partial charge on any atom is 0.124 e. The molecule has 3 heteroatoms. The lowest BCUT2D eigenvalue weighted by atomic mass is 9.93. The molecule has 2 aromatic carbocycles. The van der Waals surface area contributed by atoms with Gasteiger partial charge in [-0.15, -0.1) is 0 Å². The Morgan fingerprint density at radius 2 is 1.59 bits per heavy atom. The molecule has 3 aromatic rings. The maximum absolute atomic E-state index is 10.3. The van der Waals surface area contributed by atoms with Crippen molar-refractivity contribution in [2.45, 2.75) is 25.7 Å². The number of rotatable bonds is 2. The zero-order chi connectivity index (χ0) is 14.9. The molecule has 0 amide bonds. The molecule has 0 saturated heterocycles. The van der Waals surface area contributed by atoms with E-state index >= 15 is 0 Å². The van der Waals surface area contributed by atoms with Gasteiger partial charge in [0.25, 0.3) is 0 Å². The second-order valence-corrected chi connectivity index (χ2v) is 5.75. The van der Waals surface area contributed by atoms with E-state index in [1.165, 1.54) is 24.1 Å². The molecular formula is C19H18N2O. The smallest absolute Gasteiger partial charge is 0.124 e. The molecule has 0 saturated carbocycles. The Labute approximate surface area is 129 Å². The minimum atomic E-state index is 0.313. The van der Waals surface area contributed by atoms with Gasteiger partial charge in [-0.05, 0) is 49.9 Å². The summed E-state index contributed by atoms with van der Waals surface area (Å²) in [5, 5.41) is 15.2. The molecule has 0 fully saturated rings. The van der Waals surface area contributed by atoms with Crippen LogP contribution in [-0.4, -0.2) is 14.9 Å². The van der Waals surface area contributed by atoms with Crippen molar-refractivity contribution in [2.75, 3.05) is 0 Å². The molecule has 0 spiro atoms. The Kier molecular flexibility index (Phi) is 3.19. The third-order valence-corrected chi connectivity index (χ3v) is 4.32. The van der Waals surface area contributed by atoms with Crippen molar-refractivity contribution in [3.05, 3.63) is 65.9 Å². The van der Waals surface area contributed by atoms with E-state index in [1.54, 1.807) is 6.07 Å². The van der Waals surface area contributed by atoms with Crippen LogP contribution in [0.3, 0.4) is 0 Å². The minimum Gasteiger partial charge on any atom is -0.507 e. The molecule has 110 valence electrons. The first-order valence-corrected chi connectivity index (χ1v) is 7.79. The first-order valence-electron chi connectivity index (χ1n) is 7.79. The van der Waals surface area contributed by atoms with Gasteiger partial charge in [0.05, 0.1) is 17.1 Å². The summed E-state index contributed by atoms with van der Waals surface area (Å²) >= 11 is 0. The number of phenols is 1. The summed E-state index contributed by atoms with van der Waals surface area (Å²) in [5.41, 5.74) is 5.40. The molecule has 0 unspecified atom stereocenters. The van der Waals surface area contributed by atoms with Crippen LogP contribution >= 0.6 is 0 Å². The van der Waals surface area contributed by atoms with Gasteiger partial charge in [0.2, 0.25) is 0 Å². The van der Waals surface area contributed by atoms with Crippen LogP contribution < -0.4 is 0 Å². The predicted molar refractivity (Wildman–Crippen MR) is 87.3 cm³/mol. The second kappa shape index (κ2) is 5.34. The first-order chi connectivity index (χ1) is 10.8. The van der Waals surface area contributed by atoms with E-state index in [2.05, 4.69) is 12.1 Å². The zero-order valence-electron chi connectivity index (χ0n) is 12.4. The Hall–Kier alpha value is -2.55. The number of nitrogens with zero attached hydrogens (tertiary/aromatic N) is 2. The summed E-state index contributed by atoms with van der Waals surface area (Å²) in [6.45, 7) is 0. The van der Waals surface area contributed by atoms with E-state index < -0.39 is 0 Å². The van der Waals surface area contributed by atoms with Gasteiger partial charge in [-0.3, -0.25) is 0 Å². The number of aromatic nitrogens is 2. The third-order valence-electron chi connectivity index (χ3n) is 4.32. The Morgan fingerprint density at radius 3 is 2.41 bits per heavy atom. The highest BCUT2D eigenvalue weighted by Gasteiger charge is 2.23. The molecule has 4 rings (SSSR count). The second-order valence-electron chi connectivity index (χ2n) is 5.75. The number of hydrogen-bond donors (Lipinski definition) is 1. The van der Waals surface area contributed by atoms with Gasteiger partial charge in [0, 0.05) is 11.1 Å². The Balaban J connectivity index is 1.99. The van der Waals surface area contributed by atoms with E-state index in [9.17, 15) is 5.11 Å². The number of aromatic hydroxyl groups is 1. The van der Waals surface area contributed by atoms with Gasteiger partial charge in [-0.25, -0.2) is 4.68 Å². The van der Waals surface area contributed by atoms with Crippen molar-refractivity contribution in [3.63, 3.8) is 0 Å². The van der Waals surface area contributed by atoms with E-state index in [4.69, 9.17) is 5.10 Å². The fourth-order valence-electron chi connectivity index (χ4n) is 3.26. The highest BCUT2D eigenvalue weighted by atomic mass is 16.3. The molecule has 3 nitrogen and oxygen atoms in total. The predicted octanol–water partition coefficient (Wildman–Crippen LogP) is 4.12. The summed E-state index contributed by atoms with van der Waals surface area (Å²) in [6, 6.07) is 17.7. The van der Waals surface area contributed by atoms with Gasteiger partial charge >= 0.3 is 0 Å². The van der Waals surface area contributed by atoms with Crippen molar-refractivity contribution in [3.8, 4) is 22.7 Å². The van der Waals surface area contributed by atoms with Crippen molar-refractivity contribution in [2.24, 2.45) is 0 Å². The first kappa shape index (κ1) is 13.1. The van der Waals surface area contributed by atoms with E-state index in [0.29, 0.717) is 5.75 Å². The van der Waals surface area contributed by atoms with Crippen LogP contribution in [0, 0.1) is 0 Å². The lowest BCUT2D eigenvalue weighted by Crippen LogP contribution is -2.01. The molecule has 1 aliphatic carbocycles. The molecule has 0 radical (unpaired) electrons. The fraction of sp³-hybridized carbons (Fsp3) is 0.211. The Bertz CT molecular complexity index is 806. The number of fused-ring (bicyclic) bond motifs is 1. The summed E-state index contributed by atoms with van der Waals surface area (Å²) in [7, 11) is 0. The average Bonchev–Trinajstić information content (AvgIpc) is 2.95. The van der Waals surface area contributed by atoms with E-state index in [-0.39, 0.29) is 0 Å². The van der Waals surface area contributed by atoms with Crippen LogP contribution in [0.15, 0.2) is 54.6 Å². The van der Waals surface area contributed by atoms with Crippen LogP contribution in [0.4, 0.5) is 0 Å². The largest absolute Gasteiger partial charge is 0.507 e. The normalized spacial score (nSPS) is 13.8. The molecule has 1 aliphatic rings. The minimum absolute atomic E-state index is 0.313. The topological polar surface area (TPSA) is 38.1 Å². The number of aryl methyl sites for hydroxylation is 1. The number of phenolic OH excluding ortho intramolecular Hbond substituents is 1. The average molecular weight is 290 g/mol. The molecule has 1 heterocycles. The molecule has 0 bridgehead atoms. The SMILES string of the molecule is Oc1ccccc1-c1c2c(nn1-c1ccccc1)CCCC2. The van der Waals surface area contributed by atoms with E-state index in [1.807, 2.05) is 41.1 Å². The van der Waals surface area contributed by atoms with E-state index in [0.717, 1.165) is 29.8 Å². The summed E-state index contributed by atoms with van der Waals surface area (Å²) < 4.78 is 1.99. The van der Waals surface area contributed by atoms with Crippen LogP contribution in [0.2, 0.25) is 0 Å². The summed E-state index contributed by atoms with van der Waals surface area (Å²) in [4.78, 5) is 0. The van der Waals surface area contributed by atoms with Gasteiger partial charge in [0.15, 0.2) is 0 Å². The van der Waals surface area contributed by atoms with Gasteiger partial charge < -0.3 is 5.11 Å². The van der Waals surface area contributed by atoms with Gasteiger partial charge in [0.1, 0.15) is 5.75 Å². The van der Waals surface area contributed by atoms with Crippen LogP contribution in [-0.2, 0) is 12.8 Å². The zero-order valence-corrected chi connectivity index (χ0v) is 12.4. The Morgan fingerprint density at radius 1 is 0.864 bits per heavy atom. The molecule has 0 atom stereocenters. The highest BCUT2D eigenvalue weighted by molar-refractivity contribution is 5.72. The molecule has 1 N–H and O–H groups in total. The van der Waals surface area contributed by atoms with Crippen molar-refractivity contribution < 1.29 is 5.11 Å². The lowest BCUT2D eigenvalue weighted by molar-refractivity contribution is 0.477. The van der Waals surface area contributed by atoms with Gasteiger partial charge in [-0.1, -0.05) is 30.3 Å². The molecule has 1 aromatic heterocycles. The highest BCUT2D eigenvalue weighted by Crippen LogP contribution is 2.37. The number of hydrogen-bond acceptors (Lipinski definition) is 2. The van der Waals surface area contributed by atoms with Crippen molar-refractivity contribution in [1.29, 1.82) is 0 Å². The quantitative estimate of drug-likeness (QED) is 0.771. The summed E-state index contributed by atoms with van der Waals surface area (Å²) in [6.07, 6.45) is 4.44. The summed E-state index contributed by atoms with van der Waals surface area (Å²) in [5.74, 6) is 0.313. The molecular weight excluding hydrogens is 272 g/mol.